The van der Waals surface area contributed by atoms with Crippen LogP contribution in [-0.2, 0) is 13.0 Å². The average Bonchev–Trinajstić information content (AvgIpc) is 3.12. The fourth-order valence-corrected chi connectivity index (χ4v) is 3.16. The molecule has 1 aromatic heterocycles. The van der Waals surface area contributed by atoms with E-state index in [1.54, 1.807) is 13.4 Å². The molecular weight excluding hydrogens is 328 g/mol. The molecule has 1 unspecified atom stereocenters. The fourth-order valence-electron chi connectivity index (χ4n) is 3.16. The number of aryl methyl sites for hydroxylation is 1. The molecule has 0 fully saturated rings. The van der Waals surface area contributed by atoms with Gasteiger partial charge < -0.3 is 15.4 Å². The fraction of sp³-hybridized carbons (Fsp3) is 0.526. The largest absolute Gasteiger partial charge is 0.491 e. The molecule has 0 aliphatic carbocycles. The molecule has 2 heterocycles. The second-order valence-electron chi connectivity index (χ2n) is 6.78. The van der Waals surface area contributed by atoms with Crippen LogP contribution in [0.25, 0.3) is 0 Å². The van der Waals surface area contributed by atoms with Gasteiger partial charge in [0.15, 0.2) is 5.96 Å². The van der Waals surface area contributed by atoms with E-state index < -0.39 is 0 Å². The Labute approximate surface area is 154 Å². The van der Waals surface area contributed by atoms with Crippen LogP contribution >= 0.6 is 0 Å². The predicted molar refractivity (Wildman–Crippen MR) is 103 cm³/mol. The summed E-state index contributed by atoms with van der Waals surface area (Å²) in [6.07, 6.45) is 3.58. The van der Waals surface area contributed by atoms with Gasteiger partial charge in [-0.15, -0.1) is 0 Å². The van der Waals surface area contributed by atoms with Crippen LogP contribution in [0.5, 0.6) is 5.75 Å². The van der Waals surface area contributed by atoms with Gasteiger partial charge in [-0.05, 0) is 24.0 Å². The topological polar surface area (TPSA) is 76.4 Å². The summed E-state index contributed by atoms with van der Waals surface area (Å²) in [6.45, 7) is 6.44. The van der Waals surface area contributed by atoms with Gasteiger partial charge >= 0.3 is 0 Å². The molecule has 7 heteroatoms. The zero-order valence-electron chi connectivity index (χ0n) is 15.8. The molecule has 3 rings (SSSR count). The zero-order chi connectivity index (χ0) is 18.4. The molecule has 1 aliphatic heterocycles. The number of hydrogen-bond donors (Lipinski definition) is 2. The van der Waals surface area contributed by atoms with Crippen LogP contribution in [0, 0.1) is 0 Å². The van der Waals surface area contributed by atoms with E-state index >= 15 is 0 Å². The predicted octanol–water partition coefficient (Wildman–Crippen LogP) is 1.96. The van der Waals surface area contributed by atoms with Crippen molar-refractivity contribution in [3.63, 3.8) is 0 Å². The maximum Gasteiger partial charge on any atom is 0.191 e. The van der Waals surface area contributed by atoms with Gasteiger partial charge in [-0.25, -0.2) is 9.67 Å². The Bertz CT molecular complexity index is 739. The average molecular weight is 356 g/mol. The Hall–Kier alpha value is -2.57. The van der Waals surface area contributed by atoms with Gasteiger partial charge in [-0.3, -0.25) is 4.99 Å². The van der Waals surface area contributed by atoms with E-state index in [1.807, 2.05) is 16.8 Å². The van der Waals surface area contributed by atoms with Crippen molar-refractivity contribution in [2.45, 2.75) is 45.2 Å². The first-order chi connectivity index (χ1) is 12.7. The smallest absolute Gasteiger partial charge is 0.191 e. The minimum Gasteiger partial charge on any atom is -0.491 e. The minimum absolute atomic E-state index is 0.304. The van der Waals surface area contributed by atoms with Gasteiger partial charge in [-0.2, -0.15) is 5.10 Å². The number of fused-ring (bicyclic) bond motifs is 1. The van der Waals surface area contributed by atoms with E-state index in [-0.39, 0.29) is 0 Å². The number of aliphatic imine (C=N–C) groups is 1. The van der Waals surface area contributed by atoms with E-state index in [2.05, 4.69) is 51.7 Å². The number of guanidine groups is 1. The van der Waals surface area contributed by atoms with Crippen LogP contribution in [0.1, 0.15) is 37.6 Å². The van der Waals surface area contributed by atoms with Crippen molar-refractivity contribution >= 4 is 5.96 Å². The van der Waals surface area contributed by atoms with Gasteiger partial charge in [0.2, 0.25) is 0 Å². The van der Waals surface area contributed by atoms with Crippen molar-refractivity contribution in [3.8, 4) is 5.75 Å². The lowest BCUT2D eigenvalue weighted by molar-refractivity contribution is 0.316. The minimum atomic E-state index is 0.304. The molecule has 0 amide bonds. The summed E-state index contributed by atoms with van der Waals surface area (Å²) >= 11 is 0. The maximum atomic E-state index is 5.95. The number of nitrogens with one attached hydrogen (secondary N) is 2. The Morgan fingerprint density at radius 2 is 2.23 bits per heavy atom. The third kappa shape index (κ3) is 4.53. The van der Waals surface area contributed by atoms with Gasteiger partial charge in [0.25, 0.3) is 0 Å². The molecule has 140 valence electrons. The highest BCUT2D eigenvalue weighted by Crippen LogP contribution is 2.25. The Kier molecular flexibility index (Phi) is 6.09. The highest BCUT2D eigenvalue weighted by molar-refractivity contribution is 5.79. The van der Waals surface area contributed by atoms with E-state index in [0.717, 1.165) is 36.9 Å². The molecule has 0 radical (unpaired) electrons. The maximum absolute atomic E-state index is 5.95. The van der Waals surface area contributed by atoms with Crippen LogP contribution in [0.3, 0.4) is 0 Å². The first-order valence-corrected chi connectivity index (χ1v) is 9.23. The van der Waals surface area contributed by atoms with E-state index in [0.29, 0.717) is 25.1 Å². The molecule has 1 atom stereocenters. The Morgan fingerprint density at radius 1 is 1.38 bits per heavy atom. The van der Waals surface area contributed by atoms with Crippen LogP contribution in [0.15, 0.2) is 35.6 Å². The summed E-state index contributed by atoms with van der Waals surface area (Å²) in [5.41, 5.74) is 1.24. The van der Waals surface area contributed by atoms with Gasteiger partial charge in [0, 0.05) is 19.5 Å². The highest BCUT2D eigenvalue weighted by Gasteiger charge is 2.20. The van der Waals surface area contributed by atoms with Crippen molar-refractivity contribution in [3.05, 3.63) is 42.0 Å². The van der Waals surface area contributed by atoms with Crippen molar-refractivity contribution in [2.75, 3.05) is 20.2 Å². The van der Waals surface area contributed by atoms with Crippen molar-refractivity contribution in [1.82, 2.24) is 25.4 Å². The molecule has 2 N–H and O–H groups in total. The van der Waals surface area contributed by atoms with E-state index in [1.165, 1.54) is 5.56 Å². The normalized spacial score (nSPS) is 17.1. The SMILES string of the molecule is CN=C(NCCOc1ccccc1C(C)C)NC1CCc2ncnn2C1. The third-order valence-electron chi connectivity index (χ3n) is 4.56. The van der Waals surface area contributed by atoms with Gasteiger partial charge in [0.1, 0.15) is 24.5 Å². The van der Waals surface area contributed by atoms with Crippen LogP contribution in [0.2, 0.25) is 0 Å². The number of rotatable bonds is 6. The molecule has 7 nitrogen and oxygen atoms in total. The van der Waals surface area contributed by atoms with Crippen LogP contribution < -0.4 is 15.4 Å². The monoisotopic (exact) mass is 356 g/mol. The molecule has 1 aromatic carbocycles. The Balaban J connectivity index is 1.44. The second kappa shape index (κ2) is 8.69. The standard InChI is InChI=1S/C19H28N6O/c1-14(2)16-6-4-5-7-17(16)26-11-10-21-19(20-3)24-15-8-9-18-22-13-23-25(18)12-15/h4-7,13-15H,8-12H2,1-3H3,(H2,20,21,24). The zero-order valence-corrected chi connectivity index (χ0v) is 15.8. The molecule has 0 saturated carbocycles. The molecule has 0 bridgehead atoms. The number of hydrogen-bond acceptors (Lipinski definition) is 4. The molecule has 0 spiro atoms. The summed E-state index contributed by atoms with van der Waals surface area (Å²) in [7, 11) is 1.79. The van der Waals surface area contributed by atoms with Crippen molar-refractivity contribution in [1.29, 1.82) is 0 Å². The molecular formula is C19H28N6O. The van der Waals surface area contributed by atoms with Crippen LogP contribution in [0.4, 0.5) is 0 Å². The second-order valence-corrected chi connectivity index (χ2v) is 6.78. The van der Waals surface area contributed by atoms with Crippen molar-refractivity contribution in [2.24, 2.45) is 4.99 Å². The number of benzene rings is 1. The number of para-hydroxylation sites is 1. The number of nitrogens with zero attached hydrogens (tertiary/aromatic N) is 4. The van der Waals surface area contributed by atoms with Crippen LogP contribution in [-0.4, -0.2) is 47.0 Å². The molecule has 2 aromatic rings. The summed E-state index contributed by atoms with van der Waals surface area (Å²) < 4.78 is 7.91. The van der Waals surface area contributed by atoms with Crippen molar-refractivity contribution < 1.29 is 4.74 Å². The highest BCUT2D eigenvalue weighted by atomic mass is 16.5. The first-order valence-electron chi connectivity index (χ1n) is 9.23. The Morgan fingerprint density at radius 3 is 3.04 bits per heavy atom. The van der Waals surface area contributed by atoms with Gasteiger partial charge in [0.05, 0.1) is 13.1 Å². The summed E-state index contributed by atoms with van der Waals surface area (Å²) in [5.74, 6) is 3.25. The lowest BCUT2D eigenvalue weighted by Crippen LogP contribution is -2.47. The number of aromatic nitrogens is 3. The summed E-state index contributed by atoms with van der Waals surface area (Å²) in [5, 5.41) is 11.0. The van der Waals surface area contributed by atoms with Gasteiger partial charge in [-0.1, -0.05) is 32.0 Å². The quantitative estimate of drug-likeness (QED) is 0.470. The first kappa shape index (κ1) is 18.2. The van der Waals surface area contributed by atoms with E-state index in [4.69, 9.17) is 4.74 Å². The lowest BCUT2D eigenvalue weighted by Gasteiger charge is -2.25. The summed E-state index contributed by atoms with van der Waals surface area (Å²) in [4.78, 5) is 8.57. The lowest BCUT2D eigenvalue weighted by atomic mass is 10.0. The summed E-state index contributed by atoms with van der Waals surface area (Å²) in [6, 6.07) is 8.52. The molecule has 26 heavy (non-hydrogen) atoms. The third-order valence-corrected chi connectivity index (χ3v) is 4.56. The number of ether oxygens (including phenoxy) is 1. The molecule has 0 saturated heterocycles. The van der Waals surface area contributed by atoms with E-state index in [9.17, 15) is 0 Å². The molecule has 1 aliphatic rings.